The van der Waals surface area contributed by atoms with Crippen LogP contribution in [0.1, 0.15) is 18.9 Å². The van der Waals surface area contributed by atoms with Crippen LogP contribution in [0.3, 0.4) is 0 Å². The summed E-state index contributed by atoms with van der Waals surface area (Å²) in [5.74, 6) is 0.321. The first-order chi connectivity index (χ1) is 8.31. The van der Waals surface area contributed by atoms with Crippen LogP contribution < -0.4 is 9.78 Å². The van der Waals surface area contributed by atoms with Gasteiger partial charge in [0, 0.05) is 10.9 Å². The topological polar surface area (TPSA) is 58.9 Å². The first-order valence-corrected chi connectivity index (χ1v) is 5.49. The third-order valence-electron chi connectivity index (χ3n) is 2.73. The lowest BCUT2D eigenvalue weighted by molar-refractivity contribution is -0.163. The molecule has 90 valence electrons. The molecular formula is C13H14O4. The summed E-state index contributed by atoms with van der Waals surface area (Å²) in [7, 11) is 0. The second-order valence-corrected chi connectivity index (χ2v) is 3.85. The molecule has 2 aromatic rings. The molecule has 0 aromatic heterocycles. The number of aryl methyl sites for hydroxylation is 1. The van der Waals surface area contributed by atoms with Gasteiger partial charge in [0.1, 0.15) is 0 Å². The molecule has 4 heteroatoms. The first kappa shape index (κ1) is 11.7. The van der Waals surface area contributed by atoms with Crippen LogP contribution in [0.4, 0.5) is 0 Å². The van der Waals surface area contributed by atoms with Crippen LogP contribution >= 0.6 is 0 Å². The van der Waals surface area contributed by atoms with Crippen LogP contribution in [0.5, 0.6) is 11.5 Å². The van der Waals surface area contributed by atoms with Crippen LogP contribution in [-0.2, 0) is 6.42 Å². The molecule has 0 amide bonds. The predicted molar refractivity (Wildman–Crippen MR) is 64.5 cm³/mol. The summed E-state index contributed by atoms with van der Waals surface area (Å²) in [5.41, 5.74) is 0.803. The van der Waals surface area contributed by atoms with Crippen molar-refractivity contribution < 1.29 is 20.3 Å². The summed E-state index contributed by atoms with van der Waals surface area (Å²) in [5, 5.41) is 19.5. The molecule has 0 atom stereocenters. The van der Waals surface area contributed by atoms with Gasteiger partial charge in [-0.3, -0.25) is 0 Å². The zero-order valence-electron chi connectivity index (χ0n) is 9.51. The van der Waals surface area contributed by atoms with Gasteiger partial charge in [-0.15, -0.1) is 0 Å². The molecule has 0 aliphatic carbocycles. The lowest BCUT2D eigenvalue weighted by Crippen LogP contribution is -1.98. The van der Waals surface area contributed by atoms with E-state index >= 15 is 0 Å². The Morgan fingerprint density at radius 2 is 1.76 bits per heavy atom. The summed E-state index contributed by atoms with van der Waals surface area (Å²) < 4.78 is 0. The van der Waals surface area contributed by atoms with Gasteiger partial charge in [0.05, 0.1) is 0 Å². The monoisotopic (exact) mass is 234 g/mol. The van der Waals surface area contributed by atoms with Gasteiger partial charge in [0.15, 0.2) is 0 Å². The molecule has 2 rings (SSSR count). The molecule has 0 saturated carbocycles. The summed E-state index contributed by atoms with van der Waals surface area (Å²) in [6, 6.07) is 9.36. The lowest BCUT2D eigenvalue weighted by atomic mass is 10.0. The molecule has 0 heterocycles. The Morgan fingerprint density at radius 3 is 2.41 bits per heavy atom. The molecule has 0 spiro atoms. The van der Waals surface area contributed by atoms with Crippen LogP contribution in [0.25, 0.3) is 10.8 Å². The number of hydrogen-bond donors (Lipinski definition) is 2. The van der Waals surface area contributed by atoms with Crippen molar-refractivity contribution in [3.63, 3.8) is 0 Å². The zero-order valence-corrected chi connectivity index (χ0v) is 9.51. The summed E-state index contributed by atoms with van der Waals surface area (Å²) in [6.45, 7) is 2.02. The van der Waals surface area contributed by atoms with Gasteiger partial charge in [-0.1, -0.05) is 37.6 Å². The first-order valence-electron chi connectivity index (χ1n) is 5.49. The molecule has 4 nitrogen and oxygen atoms in total. The highest BCUT2D eigenvalue weighted by Gasteiger charge is 2.16. The normalized spacial score (nSPS) is 10.5. The highest BCUT2D eigenvalue weighted by atomic mass is 17.1. The van der Waals surface area contributed by atoms with Gasteiger partial charge < -0.3 is 9.78 Å². The second kappa shape index (κ2) is 5.03. The number of rotatable bonds is 4. The van der Waals surface area contributed by atoms with E-state index in [0.29, 0.717) is 5.39 Å². The average Bonchev–Trinajstić information content (AvgIpc) is 2.37. The highest BCUT2D eigenvalue weighted by Crippen LogP contribution is 2.39. The third kappa shape index (κ3) is 2.05. The third-order valence-corrected chi connectivity index (χ3v) is 2.73. The summed E-state index contributed by atoms with van der Waals surface area (Å²) in [4.78, 5) is 8.69. The minimum absolute atomic E-state index is 0.147. The average molecular weight is 234 g/mol. The molecule has 0 aliphatic heterocycles. The molecule has 0 fully saturated rings. The Morgan fingerprint density at radius 1 is 1.06 bits per heavy atom. The fraction of sp³-hybridized carbons (Fsp3) is 0.231. The van der Waals surface area contributed by atoms with Crippen LogP contribution in [0.15, 0.2) is 30.3 Å². The van der Waals surface area contributed by atoms with Crippen molar-refractivity contribution in [2.75, 3.05) is 0 Å². The molecule has 0 radical (unpaired) electrons. The van der Waals surface area contributed by atoms with E-state index in [9.17, 15) is 0 Å². The van der Waals surface area contributed by atoms with Crippen LogP contribution in [0, 0.1) is 0 Å². The van der Waals surface area contributed by atoms with Crippen molar-refractivity contribution >= 4 is 10.8 Å². The van der Waals surface area contributed by atoms with Gasteiger partial charge in [0.2, 0.25) is 11.5 Å². The number of fused-ring (bicyclic) bond motifs is 1. The fourth-order valence-corrected chi connectivity index (χ4v) is 2.00. The minimum atomic E-state index is 0.147. The van der Waals surface area contributed by atoms with E-state index in [-0.39, 0.29) is 11.5 Å². The van der Waals surface area contributed by atoms with E-state index in [1.807, 2.05) is 31.2 Å². The van der Waals surface area contributed by atoms with Crippen molar-refractivity contribution in [3.8, 4) is 11.5 Å². The van der Waals surface area contributed by atoms with E-state index in [1.54, 1.807) is 6.07 Å². The Bertz CT molecular complexity index is 522. The predicted octanol–water partition coefficient (Wildman–Crippen LogP) is 3.50. The molecule has 2 N–H and O–H groups in total. The smallest absolute Gasteiger partial charge is 0.219 e. The molecule has 0 aliphatic rings. The van der Waals surface area contributed by atoms with Crippen molar-refractivity contribution in [2.45, 2.75) is 19.8 Å². The Hall–Kier alpha value is -1.78. The maximum atomic E-state index is 8.95. The highest BCUT2D eigenvalue weighted by molar-refractivity contribution is 5.91. The zero-order chi connectivity index (χ0) is 12.3. The maximum Gasteiger partial charge on any atom is 0.219 e. The second-order valence-electron chi connectivity index (χ2n) is 3.85. The molecule has 0 bridgehead atoms. The molecular weight excluding hydrogens is 220 g/mol. The Kier molecular flexibility index (Phi) is 3.46. The van der Waals surface area contributed by atoms with E-state index in [0.717, 1.165) is 23.8 Å². The molecule has 0 unspecified atom stereocenters. The standard InChI is InChI=1S/C13H14O4/c1-2-5-10-8-9-6-3-4-7-11(9)13(17-15)12(10)16-14/h3-4,6-8,14-15H,2,5H2,1H3. The van der Waals surface area contributed by atoms with Gasteiger partial charge in [-0.2, -0.15) is 0 Å². The van der Waals surface area contributed by atoms with E-state index in [2.05, 4.69) is 9.78 Å². The fourth-order valence-electron chi connectivity index (χ4n) is 2.00. The largest absolute Gasteiger partial charge is 0.336 e. The van der Waals surface area contributed by atoms with Gasteiger partial charge >= 0.3 is 0 Å². The number of benzene rings is 2. The van der Waals surface area contributed by atoms with E-state index in [4.69, 9.17) is 10.5 Å². The number of hydrogen-bond acceptors (Lipinski definition) is 4. The SMILES string of the molecule is CCCc1cc2ccccc2c(OO)c1OO. The quantitative estimate of drug-likeness (QED) is 0.628. The molecule has 2 aromatic carbocycles. The van der Waals surface area contributed by atoms with Gasteiger partial charge in [0.25, 0.3) is 0 Å². The maximum absolute atomic E-state index is 8.95. The van der Waals surface area contributed by atoms with Crippen molar-refractivity contribution in [3.05, 3.63) is 35.9 Å². The lowest BCUT2D eigenvalue weighted by Gasteiger charge is -2.12. The van der Waals surface area contributed by atoms with Crippen molar-refractivity contribution in [2.24, 2.45) is 0 Å². The van der Waals surface area contributed by atoms with Gasteiger partial charge in [-0.25, -0.2) is 10.5 Å². The Labute approximate surface area is 98.9 Å². The van der Waals surface area contributed by atoms with Crippen molar-refractivity contribution in [1.29, 1.82) is 0 Å². The Balaban J connectivity index is 2.73. The van der Waals surface area contributed by atoms with Gasteiger partial charge in [-0.05, 0) is 17.9 Å². The molecule has 17 heavy (non-hydrogen) atoms. The minimum Gasteiger partial charge on any atom is -0.336 e. The summed E-state index contributed by atoms with van der Waals surface area (Å²) >= 11 is 0. The molecule has 0 saturated heterocycles. The van der Waals surface area contributed by atoms with E-state index < -0.39 is 0 Å². The van der Waals surface area contributed by atoms with E-state index in [1.165, 1.54) is 0 Å². The van der Waals surface area contributed by atoms with Crippen molar-refractivity contribution in [1.82, 2.24) is 0 Å². The summed E-state index contributed by atoms with van der Waals surface area (Å²) in [6.07, 6.45) is 1.64. The van der Waals surface area contributed by atoms with Crippen LogP contribution in [0.2, 0.25) is 0 Å². The van der Waals surface area contributed by atoms with Crippen LogP contribution in [-0.4, -0.2) is 10.5 Å².